The highest BCUT2D eigenvalue weighted by molar-refractivity contribution is 6.00. The molecule has 1 N–H and O–H groups in total. The van der Waals surface area contributed by atoms with Crippen LogP contribution < -0.4 is 19.7 Å². The number of benzene rings is 2. The Morgan fingerprint density at radius 1 is 1.24 bits per heavy atom. The second-order valence-corrected chi connectivity index (χ2v) is 7.05. The van der Waals surface area contributed by atoms with Crippen molar-refractivity contribution in [3.63, 3.8) is 0 Å². The molecular formula is C22H23N3O8. The van der Waals surface area contributed by atoms with Crippen molar-refractivity contribution in [1.29, 1.82) is 0 Å². The predicted octanol–water partition coefficient (Wildman–Crippen LogP) is 2.68. The largest absolute Gasteiger partial charge is 0.494 e. The van der Waals surface area contributed by atoms with E-state index >= 15 is 0 Å². The van der Waals surface area contributed by atoms with Crippen LogP contribution in [0.2, 0.25) is 0 Å². The molecule has 1 heterocycles. The summed E-state index contributed by atoms with van der Waals surface area (Å²) in [7, 11) is 0. The zero-order valence-electron chi connectivity index (χ0n) is 18.1. The van der Waals surface area contributed by atoms with E-state index in [1.165, 1.54) is 23.1 Å². The number of nitro benzene ring substituents is 1. The van der Waals surface area contributed by atoms with Crippen LogP contribution in [0.3, 0.4) is 0 Å². The molecule has 2 amide bonds. The molecule has 1 aliphatic rings. The van der Waals surface area contributed by atoms with E-state index in [-0.39, 0.29) is 30.2 Å². The van der Waals surface area contributed by atoms with Crippen LogP contribution >= 0.6 is 0 Å². The number of nitro groups is 1. The van der Waals surface area contributed by atoms with Gasteiger partial charge < -0.3 is 24.4 Å². The summed E-state index contributed by atoms with van der Waals surface area (Å²) in [6.07, 6.45) is -0.838. The third-order valence-corrected chi connectivity index (χ3v) is 4.73. The van der Waals surface area contributed by atoms with E-state index in [0.29, 0.717) is 23.8 Å². The van der Waals surface area contributed by atoms with Gasteiger partial charge in [0.2, 0.25) is 0 Å². The summed E-state index contributed by atoms with van der Waals surface area (Å²) in [6, 6.07) is 11.0. The van der Waals surface area contributed by atoms with Crippen LogP contribution in [0.5, 0.6) is 11.5 Å². The standard InChI is InChI=1S/C22H23N3O8/c1-3-31-15-8-9-16(18(12-15)25(29)30)23-20(26)13-32-21(27)10-11-24-17-6-4-5-7-19(17)33-14(2)22(24)28/h4-9,12,14H,3,10-11,13H2,1-2H3,(H,23,26). The minimum Gasteiger partial charge on any atom is -0.494 e. The lowest BCUT2D eigenvalue weighted by atomic mass is 10.2. The maximum atomic E-state index is 12.4. The first kappa shape index (κ1) is 23.5. The molecule has 0 fully saturated rings. The molecule has 1 atom stereocenters. The predicted molar refractivity (Wildman–Crippen MR) is 117 cm³/mol. The number of anilines is 2. The summed E-state index contributed by atoms with van der Waals surface area (Å²) in [5.74, 6) is -0.897. The van der Waals surface area contributed by atoms with E-state index in [4.69, 9.17) is 14.2 Å². The summed E-state index contributed by atoms with van der Waals surface area (Å²) in [4.78, 5) is 48.8. The SMILES string of the molecule is CCOc1ccc(NC(=O)COC(=O)CCN2C(=O)C(C)Oc3ccccc32)c([N+](=O)[O-])c1. The van der Waals surface area contributed by atoms with E-state index in [9.17, 15) is 24.5 Å². The molecule has 0 bridgehead atoms. The maximum Gasteiger partial charge on any atom is 0.308 e. The molecule has 0 aromatic heterocycles. The third kappa shape index (κ3) is 5.76. The van der Waals surface area contributed by atoms with E-state index < -0.39 is 29.5 Å². The zero-order chi connectivity index (χ0) is 24.0. The quantitative estimate of drug-likeness (QED) is 0.345. The summed E-state index contributed by atoms with van der Waals surface area (Å²) >= 11 is 0. The molecule has 11 heteroatoms. The first-order valence-corrected chi connectivity index (χ1v) is 10.2. The van der Waals surface area contributed by atoms with Crippen molar-refractivity contribution in [2.45, 2.75) is 26.4 Å². The Labute approximate surface area is 189 Å². The van der Waals surface area contributed by atoms with Gasteiger partial charge in [-0.25, -0.2) is 0 Å². The van der Waals surface area contributed by atoms with Gasteiger partial charge in [0, 0.05) is 6.54 Å². The Bertz CT molecular complexity index is 1070. The first-order valence-electron chi connectivity index (χ1n) is 10.2. The minimum atomic E-state index is -0.739. The van der Waals surface area contributed by atoms with Gasteiger partial charge >= 0.3 is 5.97 Å². The topological polar surface area (TPSA) is 137 Å². The highest BCUT2D eigenvalue weighted by Gasteiger charge is 2.31. The maximum absolute atomic E-state index is 12.4. The fourth-order valence-electron chi connectivity index (χ4n) is 3.22. The van der Waals surface area contributed by atoms with Crippen LogP contribution in [0.15, 0.2) is 42.5 Å². The number of hydrogen-bond acceptors (Lipinski definition) is 8. The number of para-hydroxylation sites is 2. The van der Waals surface area contributed by atoms with Crippen molar-refractivity contribution < 1.29 is 33.5 Å². The Kier molecular flexibility index (Phi) is 7.44. The molecule has 0 radical (unpaired) electrons. The molecule has 1 aliphatic heterocycles. The fourth-order valence-corrected chi connectivity index (χ4v) is 3.22. The van der Waals surface area contributed by atoms with Gasteiger partial charge in [-0.15, -0.1) is 0 Å². The Hall–Kier alpha value is -4.15. The van der Waals surface area contributed by atoms with E-state index in [1.54, 1.807) is 38.1 Å². The number of nitrogens with zero attached hydrogens (tertiary/aromatic N) is 2. The number of amides is 2. The van der Waals surface area contributed by atoms with Crippen molar-refractivity contribution in [1.82, 2.24) is 0 Å². The highest BCUT2D eigenvalue weighted by atomic mass is 16.6. The molecule has 2 aromatic rings. The molecule has 174 valence electrons. The second kappa shape index (κ2) is 10.4. The average Bonchev–Trinajstić information content (AvgIpc) is 2.79. The number of nitrogens with one attached hydrogen (secondary N) is 1. The molecule has 3 rings (SSSR count). The first-order chi connectivity index (χ1) is 15.8. The number of hydrogen-bond donors (Lipinski definition) is 1. The Balaban J connectivity index is 1.54. The van der Waals surface area contributed by atoms with Gasteiger partial charge in [0.05, 0.1) is 29.7 Å². The zero-order valence-corrected chi connectivity index (χ0v) is 18.1. The number of fused-ring (bicyclic) bond motifs is 1. The molecule has 0 aliphatic carbocycles. The molecule has 0 saturated heterocycles. The van der Waals surface area contributed by atoms with Crippen molar-refractivity contribution >= 4 is 34.8 Å². The minimum absolute atomic E-state index is 0.0472. The molecule has 33 heavy (non-hydrogen) atoms. The van der Waals surface area contributed by atoms with Crippen LogP contribution in [0, 0.1) is 10.1 Å². The van der Waals surface area contributed by atoms with Crippen molar-refractivity contribution in [2.24, 2.45) is 0 Å². The van der Waals surface area contributed by atoms with Gasteiger partial charge in [-0.2, -0.15) is 0 Å². The van der Waals surface area contributed by atoms with Crippen LogP contribution in [-0.2, 0) is 19.1 Å². The summed E-state index contributed by atoms with van der Waals surface area (Å²) < 4.78 is 15.7. The third-order valence-electron chi connectivity index (χ3n) is 4.73. The van der Waals surface area contributed by atoms with Crippen LogP contribution in [0.4, 0.5) is 17.1 Å². The summed E-state index contributed by atoms with van der Waals surface area (Å²) in [5.41, 5.74) is 0.155. The van der Waals surface area contributed by atoms with E-state index in [0.717, 1.165) is 0 Å². The molecule has 0 saturated carbocycles. The van der Waals surface area contributed by atoms with Gasteiger partial charge in [0.15, 0.2) is 12.7 Å². The number of carbonyl (C=O) groups is 3. The monoisotopic (exact) mass is 457 g/mol. The molecular weight excluding hydrogens is 434 g/mol. The van der Waals surface area contributed by atoms with E-state index in [2.05, 4.69) is 5.32 Å². The molecule has 0 spiro atoms. The summed E-state index contributed by atoms with van der Waals surface area (Å²) in [6.45, 7) is 3.11. The lowest BCUT2D eigenvalue weighted by Gasteiger charge is -2.32. The molecule has 11 nitrogen and oxygen atoms in total. The Morgan fingerprint density at radius 2 is 2.00 bits per heavy atom. The molecule has 1 unspecified atom stereocenters. The highest BCUT2D eigenvalue weighted by Crippen LogP contribution is 2.33. The van der Waals surface area contributed by atoms with Crippen LogP contribution in [0.25, 0.3) is 0 Å². The fraction of sp³-hybridized carbons (Fsp3) is 0.318. The van der Waals surface area contributed by atoms with E-state index in [1.807, 2.05) is 0 Å². The van der Waals surface area contributed by atoms with Crippen molar-refractivity contribution in [3.05, 3.63) is 52.6 Å². The van der Waals surface area contributed by atoms with Gasteiger partial charge in [0.25, 0.3) is 17.5 Å². The van der Waals surface area contributed by atoms with Crippen LogP contribution in [-0.4, -0.2) is 48.6 Å². The van der Waals surface area contributed by atoms with Crippen LogP contribution in [0.1, 0.15) is 20.3 Å². The number of esters is 1. The van der Waals surface area contributed by atoms with Gasteiger partial charge in [-0.1, -0.05) is 12.1 Å². The summed E-state index contributed by atoms with van der Waals surface area (Å²) in [5, 5.41) is 13.6. The number of ether oxygens (including phenoxy) is 3. The number of carbonyl (C=O) groups excluding carboxylic acids is 3. The molecule has 2 aromatic carbocycles. The van der Waals surface area contributed by atoms with Gasteiger partial charge in [-0.3, -0.25) is 24.5 Å². The van der Waals surface area contributed by atoms with Gasteiger partial charge in [-0.05, 0) is 38.1 Å². The van der Waals surface area contributed by atoms with Crippen molar-refractivity contribution in [3.8, 4) is 11.5 Å². The van der Waals surface area contributed by atoms with Gasteiger partial charge in [0.1, 0.15) is 17.2 Å². The lowest BCUT2D eigenvalue weighted by Crippen LogP contribution is -2.45. The normalized spacial score (nSPS) is 14.7. The Morgan fingerprint density at radius 3 is 2.73 bits per heavy atom. The smallest absolute Gasteiger partial charge is 0.308 e. The van der Waals surface area contributed by atoms with Crippen molar-refractivity contribution in [2.75, 3.05) is 30.0 Å². The number of rotatable bonds is 9. The second-order valence-electron chi connectivity index (χ2n) is 7.05. The lowest BCUT2D eigenvalue weighted by molar-refractivity contribution is -0.384. The average molecular weight is 457 g/mol.